The molecule has 2 atom stereocenters. The van der Waals surface area contributed by atoms with Gasteiger partial charge in [0.05, 0.1) is 6.10 Å². The predicted octanol–water partition coefficient (Wildman–Crippen LogP) is 4.46. The number of halogens is 1. The van der Waals surface area contributed by atoms with Crippen LogP contribution in [0.25, 0.3) is 0 Å². The maximum atomic E-state index is 6.41. The molecule has 19 heavy (non-hydrogen) atoms. The van der Waals surface area contributed by atoms with Gasteiger partial charge in [0.2, 0.25) is 0 Å². The van der Waals surface area contributed by atoms with Crippen molar-refractivity contribution in [2.24, 2.45) is 0 Å². The molecule has 0 saturated carbocycles. The Hall–Kier alpha value is -0.530. The first kappa shape index (κ1) is 13.5. The smallest absolute Gasteiger partial charge is 0.0576 e. The van der Waals surface area contributed by atoms with E-state index in [1.54, 1.807) is 0 Å². The van der Waals surface area contributed by atoms with Gasteiger partial charge in [0.25, 0.3) is 0 Å². The number of benzene rings is 1. The lowest BCUT2D eigenvalue weighted by Crippen LogP contribution is -2.34. The molecule has 1 fully saturated rings. The second-order valence-corrected chi connectivity index (χ2v) is 6.37. The van der Waals surface area contributed by atoms with Gasteiger partial charge in [0, 0.05) is 17.9 Å². The zero-order valence-corrected chi connectivity index (χ0v) is 12.3. The summed E-state index contributed by atoms with van der Waals surface area (Å²) >= 11 is 6.41. The highest BCUT2D eigenvalue weighted by Gasteiger charge is 2.36. The standard InChI is InChI=1S/C17H23ClO/c18-13-17(11-9-15-7-4-12-19-15)10-3-6-14-5-1-2-8-16(14)17/h1-2,5,8,15H,3-4,6-7,9-13H2. The highest BCUT2D eigenvalue weighted by molar-refractivity contribution is 6.18. The number of ether oxygens (including phenoxy) is 1. The van der Waals surface area contributed by atoms with Gasteiger partial charge in [-0.3, -0.25) is 0 Å². The Balaban J connectivity index is 1.78. The topological polar surface area (TPSA) is 9.23 Å². The number of rotatable bonds is 4. The number of fused-ring (bicyclic) bond motifs is 1. The molecular formula is C17H23ClO. The van der Waals surface area contributed by atoms with Crippen LogP contribution < -0.4 is 0 Å². The lowest BCUT2D eigenvalue weighted by molar-refractivity contribution is 0.0954. The van der Waals surface area contributed by atoms with Crippen molar-refractivity contribution in [3.05, 3.63) is 35.4 Å². The molecule has 2 aliphatic rings. The Morgan fingerprint density at radius 3 is 2.95 bits per heavy atom. The summed E-state index contributed by atoms with van der Waals surface area (Å²) in [4.78, 5) is 0. The molecule has 1 nitrogen and oxygen atoms in total. The fraction of sp³-hybridized carbons (Fsp3) is 0.647. The van der Waals surface area contributed by atoms with Gasteiger partial charge in [-0.15, -0.1) is 11.6 Å². The van der Waals surface area contributed by atoms with Crippen LogP contribution in [0.1, 0.15) is 49.7 Å². The molecule has 0 spiro atoms. The molecule has 0 aromatic heterocycles. The summed E-state index contributed by atoms with van der Waals surface area (Å²) in [7, 11) is 0. The molecular weight excluding hydrogens is 256 g/mol. The molecule has 0 amide bonds. The first-order chi connectivity index (χ1) is 9.34. The summed E-state index contributed by atoms with van der Waals surface area (Å²) in [5.74, 6) is 0.747. The molecule has 1 aromatic carbocycles. The number of hydrogen-bond acceptors (Lipinski definition) is 1. The van der Waals surface area contributed by atoms with Crippen molar-refractivity contribution >= 4 is 11.6 Å². The summed E-state index contributed by atoms with van der Waals surface area (Å²) in [6.07, 6.45) is 9.02. The van der Waals surface area contributed by atoms with Gasteiger partial charge in [-0.25, -0.2) is 0 Å². The highest BCUT2D eigenvalue weighted by atomic mass is 35.5. The van der Waals surface area contributed by atoms with Crippen molar-refractivity contribution in [3.8, 4) is 0 Å². The summed E-state index contributed by atoms with van der Waals surface area (Å²) < 4.78 is 5.78. The van der Waals surface area contributed by atoms with Crippen LogP contribution in [0.5, 0.6) is 0 Å². The van der Waals surface area contributed by atoms with E-state index in [1.807, 2.05) is 0 Å². The second-order valence-electron chi connectivity index (χ2n) is 6.10. The van der Waals surface area contributed by atoms with Gasteiger partial charge in [-0.1, -0.05) is 24.3 Å². The monoisotopic (exact) mass is 278 g/mol. The minimum atomic E-state index is 0.197. The second kappa shape index (κ2) is 5.85. The first-order valence-electron chi connectivity index (χ1n) is 7.60. The molecule has 1 aliphatic heterocycles. The van der Waals surface area contributed by atoms with Crippen molar-refractivity contribution in [1.29, 1.82) is 0 Å². The third kappa shape index (κ3) is 2.68. The summed E-state index contributed by atoms with van der Waals surface area (Å²) in [6.45, 7) is 0.954. The largest absolute Gasteiger partial charge is 0.378 e. The van der Waals surface area contributed by atoms with E-state index >= 15 is 0 Å². The average molecular weight is 279 g/mol. The number of alkyl halides is 1. The Labute approximate surface area is 121 Å². The Kier molecular flexibility index (Phi) is 4.14. The van der Waals surface area contributed by atoms with E-state index in [4.69, 9.17) is 16.3 Å². The molecule has 2 heteroatoms. The lowest BCUT2D eigenvalue weighted by atomic mass is 9.68. The van der Waals surface area contributed by atoms with Crippen molar-refractivity contribution in [2.75, 3.05) is 12.5 Å². The number of aryl methyl sites for hydroxylation is 1. The van der Waals surface area contributed by atoms with Gasteiger partial charge in [-0.05, 0) is 56.1 Å². The van der Waals surface area contributed by atoms with Crippen LogP contribution in [0.2, 0.25) is 0 Å². The maximum Gasteiger partial charge on any atom is 0.0576 e. The van der Waals surface area contributed by atoms with Gasteiger partial charge in [-0.2, -0.15) is 0 Å². The predicted molar refractivity (Wildman–Crippen MR) is 80.0 cm³/mol. The van der Waals surface area contributed by atoms with Gasteiger partial charge >= 0.3 is 0 Å². The minimum Gasteiger partial charge on any atom is -0.378 e. The van der Waals surface area contributed by atoms with E-state index < -0.39 is 0 Å². The molecule has 1 heterocycles. The molecule has 1 saturated heterocycles. The van der Waals surface area contributed by atoms with E-state index in [1.165, 1.54) is 56.1 Å². The molecule has 0 radical (unpaired) electrons. The van der Waals surface area contributed by atoms with Gasteiger partial charge in [0.1, 0.15) is 0 Å². The SMILES string of the molecule is ClCC1(CCC2CCCO2)CCCc2ccccc21. The molecule has 0 bridgehead atoms. The Morgan fingerprint density at radius 2 is 2.16 bits per heavy atom. The van der Waals surface area contributed by atoms with Crippen molar-refractivity contribution in [2.45, 2.75) is 56.5 Å². The zero-order chi connectivity index (χ0) is 13.1. The summed E-state index contributed by atoms with van der Waals surface area (Å²) in [6, 6.07) is 8.90. The van der Waals surface area contributed by atoms with E-state index in [-0.39, 0.29) is 5.41 Å². The van der Waals surface area contributed by atoms with Crippen molar-refractivity contribution in [1.82, 2.24) is 0 Å². The Morgan fingerprint density at radius 1 is 1.26 bits per heavy atom. The Bertz CT molecular complexity index is 425. The summed E-state index contributed by atoms with van der Waals surface area (Å²) in [5.41, 5.74) is 3.22. The van der Waals surface area contributed by atoms with Crippen LogP contribution >= 0.6 is 11.6 Å². The quantitative estimate of drug-likeness (QED) is 0.739. The van der Waals surface area contributed by atoms with E-state index in [0.717, 1.165) is 12.5 Å². The number of hydrogen-bond donors (Lipinski definition) is 0. The lowest BCUT2D eigenvalue weighted by Gasteiger charge is -2.38. The zero-order valence-electron chi connectivity index (χ0n) is 11.5. The van der Waals surface area contributed by atoms with Crippen LogP contribution in [0, 0.1) is 0 Å². The fourth-order valence-electron chi connectivity index (χ4n) is 3.78. The van der Waals surface area contributed by atoms with E-state index in [2.05, 4.69) is 24.3 Å². The molecule has 1 aromatic rings. The van der Waals surface area contributed by atoms with Gasteiger partial charge in [0.15, 0.2) is 0 Å². The molecule has 1 aliphatic carbocycles. The van der Waals surface area contributed by atoms with Crippen LogP contribution in [-0.4, -0.2) is 18.6 Å². The van der Waals surface area contributed by atoms with Gasteiger partial charge < -0.3 is 4.74 Å². The molecule has 3 rings (SSSR count). The normalized spacial score (nSPS) is 30.3. The van der Waals surface area contributed by atoms with E-state index in [0.29, 0.717) is 6.10 Å². The molecule has 0 N–H and O–H groups in total. The van der Waals surface area contributed by atoms with E-state index in [9.17, 15) is 0 Å². The third-order valence-corrected chi connectivity index (χ3v) is 5.43. The van der Waals surface area contributed by atoms with Crippen LogP contribution in [0.4, 0.5) is 0 Å². The van der Waals surface area contributed by atoms with Crippen molar-refractivity contribution in [3.63, 3.8) is 0 Å². The molecule has 104 valence electrons. The summed E-state index contributed by atoms with van der Waals surface area (Å²) in [5, 5.41) is 0. The van der Waals surface area contributed by atoms with Crippen molar-refractivity contribution < 1.29 is 4.74 Å². The average Bonchev–Trinajstić information content (AvgIpc) is 2.98. The third-order valence-electron chi connectivity index (χ3n) is 4.91. The fourth-order valence-corrected chi connectivity index (χ4v) is 4.19. The van der Waals surface area contributed by atoms with Crippen LogP contribution in [-0.2, 0) is 16.6 Å². The maximum absolute atomic E-state index is 6.41. The van der Waals surface area contributed by atoms with Crippen LogP contribution in [0.15, 0.2) is 24.3 Å². The minimum absolute atomic E-state index is 0.197. The van der Waals surface area contributed by atoms with Crippen LogP contribution in [0.3, 0.4) is 0 Å². The highest BCUT2D eigenvalue weighted by Crippen LogP contribution is 2.42. The molecule has 2 unspecified atom stereocenters. The first-order valence-corrected chi connectivity index (χ1v) is 8.13.